The number of aromatic nitrogens is 6. The van der Waals surface area contributed by atoms with E-state index in [1.54, 1.807) is 51.3 Å². The number of nitrogens with one attached hydrogen (secondary N) is 6. The quantitative estimate of drug-likeness (QED) is 0.0204. The number of ether oxygens (including phenoxy) is 2. The summed E-state index contributed by atoms with van der Waals surface area (Å²) < 4.78 is 14.9. The van der Waals surface area contributed by atoms with Gasteiger partial charge in [0.25, 0.3) is 0 Å². The van der Waals surface area contributed by atoms with Crippen LogP contribution in [0.1, 0.15) is 202 Å². The number of benzene rings is 5. The van der Waals surface area contributed by atoms with Crippen molar-refractivity contribution in [3.8, 4) is 0 Å². The highest BCUT2D eigenvalue weighted by molar-refractivity contribution is 5.96. The van der Waals surface area contributed by atoms with Crippen molar-refractivity contribution < 1.29 is 47.8 Å². The number of likely N-dealkylation sites (N-methyl/N-ethyl adjacent to an activating group) is 2. The average molecular weight is 1560 g/mol. The summed E-state index contributed by atoms with van der Waals surface area (Å²) in [5.74, 6) is -2.81. The first-order chi connectivity index (χ1) is 54.8. The van der Waals surface area contributed by atoms with Crippen LogP contribution in [0, 0.1) is 11.8 Å². The molecular formula is C88H118N16O10. The van der Waals surface area contributed by atoms with E-state index in [1.807, 2.05) is 157 Å². The second-order valence-electron chi connectivity index (χ2n) is 33.1. The molecule has 610 valence electrons. The van der Waals surface area contributed by atoms with Crippen molar-refractivity contribution in [1.82, 2.24) is 81.5 Å². The minimum absolute atomic E-state index is 0.213. The molecule has 5 aromatic carbocycles. The lowest BCUT2D eigenvalue weighted by atomic mass is 9.92. The van der Waals surface area contributed by atoms with Crippen LogP contribution >= 0.6 is 0 Å². The van der Waals surface area contributed by atoms with Gasteiger partial charge in [-0.15, -0.1) is 10.2 Å². The Morgan fingerprint density at radius 1 is 0.465 bits per heavy atom. The summed E-state index contributed by atoms with van der Waals surface area (Å²) in [6.07, 6.45) is 13.0. The Hall–Kier alpha value is -10.3. The van der Waals surface area contributed by atoms with Gasteiger partial charge in [0.2, 0.25) is 35.4 Å². The van der Waals surface area contributed by atoms with Gasteiger partial charge in [0.1, 0.15) is 58.8 Å². The van der Waals surface area contributed by atoms with E-state index < -0.39 is 83.5 Å². The second-order valence-corrected chi connectivity index (χ2v) is 33.1. The summed E-state index contributed by atoms with van der Waals surface area (Å²) in [4.78, 5) is 122. The molecule has 0 saturated carbocycles. The molecular weight excluding hydrogens is 1440 g/mol. The van der Waals surface area contributed by atoms with E-state index in [-0.39, 0.29) is 60.4 Å². The van der Waals surface area contributed by atoms with Gasteiger partial charge in [0.05, 0.1) is 24.5 Å². The molecule has 12 atom stereocenters. The number of unbranched alkanes of at least 4 members (excludes halogenated alkanes) is 2. The Morgan fingerprint density at radius 3 is 1.17 bits per heavy atom. The number of carbonyl (C=O) groups is 8. The van der Waals surface area contributed by atoms with Crippen LogP contribution in [0.5, 0.6) is 0 Å². The third-order valence-corrected chi connectivity index (χ3v) is 22.5. The SMILES string of the molecule is CC[C@@H](C(=O)N[C@@H]1C(=O)N2C(CC[C@@H]1CNCc1ccccc1)CC[C@H]2C(=O)N[C@@H](c1ccccc1)c1cn(CCCCc2ccc(CCCCn3cc([C@@H](NC(=O)[C@@H]4CC[C@@H]5CC[C@H](CNCc6ccccc6)[C@H](NC(=O)[C@H](CC)N(C)C(=O)OC(C)(C)C)C(=O)N54)c4ccccc4)nn3)cc2)nn1)N(C)C(=O)OC(C)(C)C. The molecule has 26 nitrogen and oxygen atoms in total. The average Bonchev–Trinajstić information content (AvgIpc) is 1.63. The number of amides is 8. The molecule has 7 aromatic rings. The molecule has 8 amide bonds. The Morgan fingerprint density at radius 2 is 0.816 bits per heavy atom. The molecule has 4 saturated heterocycles. The van der Waals surface area contributed by atoms with Crippen LogP contribution in [-0.2, 0) is 77.3 Å². The number of nitrogens with zero attached hydrogens (tertiary/aromatic N) is 10. The number of carbonyl (C=O) groups excluding carboxylic acids is 8. The predicted octanol–water partition coefficient (Wildman–Crippen LogP) is 10.7. The molecule has 0 radical (unpaired) electrons. The first-order valence-electron chi connectivity index (χ1n) is 41.1. The molecule has 4 aliphatic heterocycles. The smallest absolute Gasteiger partial charge is 0.410 e. The van der Waals surface area contributed by atoms with Crippen molar-refractivity contribution in [1.29, 1.82) is 0 Å². The summed E-state index contributed by atoms with van der Waals surface area (Å²) in [5, 5.41) is 38.2. The van der Waals surface area contributed by atoms with Crippen molar-refractivity contribution in [2.75, 3.05) is 27.2 Å². The first-order valence-corrected chi connectivity index (χ1v) is 41.1. The number of fused-ring (bicyclic) bond motifs is 2. The lowest BCUT2D eigenvalue weighted by Gasteiger charge is -2.34. The topological polar surface area (TPSA) is 302 Å². The molecule has 1 unspecified atom stereocenters. The van der Waals surface area contributed by atoms with E-state index in [2.05, 4.69) is 76.8 Å². The maximum atomic E-state index is 15.2. The first kappa shape index (κ1) is 84.6. The molecule has 0 spiro atoms. The summed E-state index contributed by atoms with van der Waals surface area (Å²) in [5.41, 5.74) is 5.86. The fraction of sp³-hybridized carbons (Fsp3) is 0.523. The number of rotatable bonds is 34. The van der Waals surface area contributed by atoms with E-state index in [9.17, 15) is 28.8 Å². The fourth-order valence-electron chi connectivity index (χ4n) is 16.5. The predicted molar refractivity (Wildman–Crippen MR) is 434 cm³/mol. The Kier molecular flexibility index (Phi) is 29.4. The molecule has 11 rings (SSSR count). The second kappa shape index (κ2) is 39.6. The molecule has 6 heterocycles. The monoisotopic (exact) mass is 1560 g/mol. The van der Waals surface area contributed by atoms with E-state index in [0.29, 0.717) is 102 Å². The summed E-state index contributed by atoms with van der Waals surface area (Å²) in [6, 6.07) is 40.9. The van der Waals surface area contributed by atoms with Gasteiger partial charge in [-0.2, -0.15) is 0 Å². The third kappa shape index (κ3) is 22.6. The summed E-state index contributed by atoms with van der Waals surface area (Å²) in [7, 11) is 3.07. The molecule has 2 aromatic heterocycles. The highest BCUT2D eigenvalue weighted by atomic mass is 16.6. The summed E-state index contributed by atoms with van der Waals surface area (Å²) in [6.45, 7) is 17.5. The van der Waals surface area contributed by atoms with Crippen molar-refractivity contribution in [2.24, 2.45) is 11.8 Å². The zero-order chi connectivity index (χ0) is 81.1. The largest absolute Gasteiger partial charge is 0.444 e. The third-order valence-electron chi connectivity index (χ3n) is 22.5. The van der Waals surface area contributed by atoms with Crippen LogP contribution in [0.4, 0.5) is 9.59 Å². The molecule has 26 heteroatoms. The van der Waals surface area contributed by atoms with E-state index in [0.717, 1.165) is 60.8 Å². The zero-order valence-corrected chi connectivity index (χ0v) is 68.1. The van der Waals surface area contributed by atoms with Crippen molar-refractivity contribution in [3.05, 3.63) is 203 Å². The fourth-order valence-corrected chi connectivity index (χ4v) is 16.5. The van der Waals surface area contributed by atoms with Gasteiger partial charge in [-0.25, -0.2) is 9.59 Å². The van der Waals surface area contributed by atoms with Crippen molar-refractivity contribution in [3.63, 3.8) is 0 Å². The van der Waals surface area contributed by atoms with Crippen LogP contribution in [0.3, 0.4) is 0 Å². The van der Waals surface area contributed by atoms with Crippen molar-refractivity contribution >= 4 is 47.6 Å². The lowest BCUT2D eigenvalue weighted by molar-refractivity contribution is -0.144. The van der Waals surface area contributed by atoms with Crippen molar-refractivity contribution in [2.45, 2.75) is 256 Å². The Labute approximate surface area is 671 Å². The van der Waals surface area contributed by atoms with Crippen LogP contribution in [0.15, 0.2) is 158 Å². The van der Waals surface area contributed by atoms with E-state index in [1.165, 1.54) is 35.0 Å². The van der Waals surface area contributed by atoms with Gasteiger partial charge in [-0.3, -0.25) is 47.9 Å². The Bertz CT molecular complexity index is 4030. The van der Waals surface area contributed by atoms with Gasteiger partial charge in [-0.05, 0) is 178 Å². The van der Waals surface area contributed by atoms with Gasteiger partial charge in [0.15, 0.2) is 0 Å². The molecule has 4 fully saturated rings. The van der Waals surface area contributed by atoms with Gasteiger partial charge in [-0.1, -0.05) is 170 Å². The van der Waals surface area contributed by atoms with Gasteiger partial charge >= 0.3 is 12.2 Å². The van der Waals surface area contributed by atoms with Gasteiger partial charge < -0.3 is 51.2 Å². The highest BCUT2D eigenvalue weighted by Crippen LogP contribution is 2.38. The van der Waals surface area contributed by atoms with Crippen LogP contribution in [-0.4, -0.2) is 184 Å². The maximum absolute atomic E-state index is 15.2. The minimum Gasteiger partial charge on any atom is -0.444 e. The lowest BCUT2D eigenvalue weighted by Crippen LogP contribution is -2.59. The highest BCUT2D eigenvalue weighted by Gasteiger charge is 2.51. The Balaban J connectivity index is 0.666. The normalized spacial score (nSPS) is 20.7. The van der Waals surface area contributed by atoms with E-state index >= 15 is 9.59 Å². The van der Waals surface area contributed by atoms with E-state index in [4.69, 9.17) is 9.47 Å². The molecule has 0 aliphatic carbocycles. The summed E-state index contributed by atoms with van der Waals surface area (Å²) >= 11 is 0. The standard InChI is InChI=1S/C88H118N16O10/c1-11-71(99(9)85(111)113-87(3,4)5)79(105)93-77-65(55-89-53-61-31-17-13-18-32-61)43-45-67-47-49-73(103(67)83(77)109)81(107)91-75(63-35-21-15-22-36-63)69-57-101(97-95-69)51-27-25-29-59-39-41-60(42-40-59)30-26-28-52-102-58-70(96-98-102)76(64-37-23-16-24-38-64)92-82(108)74-50-48-68-46-44-66(56-90-54-62-33-19-14-20-34-62)78(84(110)104(68)74)94-80(106)72(12-2)100(10)86(112)114-88(6,7)8/h13-24,31-42,57-58,65-68,71-78,89-90H,11-12,25-30,43-56H2,1-10H3,(H,91,107)(H,92,108)(H,93,105)(H,94,106)/t65-,66-,67+,68?,71+,72+,73+,74+,75+,76+,77+,78+/m1/s1. The number of aryl methyl sites for hydroxylation is 4. The number of hydrogen-bond acceptors (Lipinski definition) is 16. The molecule has 6 N–H and O–H groups in total. The molecule has 4 aliphatic rings. The van der Waals surface area contributed by atoms with Crippen LogP contribution < -0.4 is 31.9 Å². The minimum atomic E-state index is -0.972. The van der Waals surface area contributed by atoms with Crippen LogP contribution in [0.2, 0.25) is 0 Å². The molecule has 114 heavy (non-hydrogen) atoms. The molecule has 0 bridgehead atoms. The number of hydrogen-bond donors (Lipinski definition) is 6. The zero-order valence-electron chi connectivity index (χ0n) is 68.1. The maximum Gasteiger partial charge on any atom is 0.410 e. The van der Waals surface area contributed by atoms with Gasteiger partial charge in [0, 0.05) is 77.3 Å². The van der Waals surface area contributed by atoms with Crippen LogP contribution in [0.25, 0.3) is 0 Å².